The van der Waals surface area contributed by atoms with Crippen LogP contribution in [0.4, 0.5) is 5.13 Å². The summed E-state index contributed by atoms with van der Waals surface area (Å²) in [7, 11) is 0. The third-order valence-electron chi connectivity index (χ3n) is 5.73. The normalized spacial score (nSPS) is 17.3. The summed E-state index contributed by atoms with van der Waals surface area (Å²) < 4.78 is 6.37. The maximum absolute atomic E-state index is 13.3. The van der Waals surface area contributed by atoms with Gasteiger partial charge in [-0.05, 0) is 55.3 Å². The lowest BCUT2D eigenvalue weighted by atomic mass is 9.96. The SMILES string of the molecule is CCOc1cccc(/C(O)=C2\C(=O)C(=O)N(c3nc4cc(Cl)c(C)cc4s3)C2c2cccnc2)c1. The van der Waals surface area contributed by atoms with Crippen LogP contribution in [0.1, 0.15) is 29.7 Å². The lowest BCUT2D eigenvalue weighted by molar-refractivity contribution is -0.132. The van der Waals surface area contributed by atoms with Crippen molar-refractivity contribution in [2.45, 2.75) is 19.9 Å². The second-order valence-corrected chi connectivity index (χ2v) is 9.40. The second kappa shape index (κ2) is 9.13. The highest BCUT2D eigenvalue weighted by Crippen LogP contribution is 2.44. The van der Waals surface area contributed by atoms with Gasteiger partial charge in [0, 0.05) is 23.0 Å². The molecule has 35 heavy (non-hydrogen) atoms. The molecule has 2 aromatic heterocycles. The summed E-state index contributed by atoms with van der Waals surface area (Å²) in [5.74, 6) is -1.32. The highest BCUT2D eigenvalue weighted by Gasteiger charge is 2.48. The second-order valence-electron chi connectivity index (χ2n) is 7.98. The Bertz CT molecular complexity index is 1460. The number of halogens is 1. The number of aliphatic hydroxyl groups excluding tert-OH is 1. The Labute approximate surface area is 210 Å². The standard InChI is InChI=1S/C26H20ClN3O4S/c1-3-34-17-8-4-6-15(11-17)23(31)21-22(16-7-5-9-28-13-16)30(25(33)24(21)32)26-29-19-12-18(27)14(2)10-20(19)35-26/h4-13,22,31H,3H2,1-2H3/b23-21+. The zero-order chi connectivity index (χ0) is 24.7. The first-order chi connectivity index (χ1) is 16.9. The van der Waals surface area contributed by atoms with E-state index in [1.807, 2.05) is 19.9 Å². The van der Waals surface area contributed by atoms with Crippen LogP contribution in [0.15, 0.2) is 66.5 Å². The van der Waals surface area contributed by atoms with Crippen LogP contribution >= 0.6 is 22.9 Å². The number of ketones is 1. The zero-order valence-corrected chi connectivity index (χ0v) is 20.4. The van der Waals surface area contributed by atoms with E-state index in [1.54, 1.807) is 54.9 Å². The van der Waals surface area contributed by atoms with Crippen molar-refractivity contribution >= 4 is 55.7 Å². The number of aromatic nitrogens is 2. The summed E-state index contributed by atoms with van der Waals surface area (Å²) in [6.07, 6.45) is 3.17. The number of carbonyl (C=O) groups is 2. The molecule has 4 aromatic rings. The number of hydrogen-bond donors (Lipinski definition) is 1. The number of aliphatic hydroxyl groups is 1. The van der Waals surface area contributed by atoms with Crippen molar-refractivity contribution in [3.63, 3.8) is 0 Å². The van der Waals surface area contributed by atoms with Crippen molar-refractivity contribution in [3.8, 4) is 5.75 Å². The fourth-order valence-electron chi connectivity index (χ4n) is 4.08. The third-order valence-corrected chi connectivity index (χ3v) is 7.15. The topological polar surface area (TPSA) is 92.6 Å². The van der Waals surface area contributed by atoms with E-state index in [0.717, 1.165) is 10.3 Å². The quantitative estimate of drug-likeness (QED) is 0.213. The molecule has 176 valence electrons. The average Bonchev–Trinajstić information content (AvgIpc) is 3.37. The van der Waals surface area contributed by atoms with Gasteiger partial charge in [0.05, 0.1) is 28.4 Å². The molecule has 9 heteroatoms. The van der Waals surface area contributed by atoms with Crippen LogP contribution in [0, 0.1) is 6.92 Å². The van der Waals surface area contributed by atoms with E-state index < -0.39 is 17.7 Å². The maximum Gasteiger partial charge on any atom is 0.301 e. The number of pyridine rings is 1. The van der Waals surface area contributed by atoms with Gasteiger partial charge in [-0.3, -0.25) is 19.5 Å². The predicted molar refractivity (Wildman–Crippen MR) is 136 cm³/mol. The number of hydrogen-bond acceptors (Lipinski definition) is 7. The minimum absolute atomic E-state index is 0.0369. The van der Waals surface area contributed by atoms with E-state index in [9.17, 15) is 14.7 Å². The number of nitrogens with zero attached hydrogens (tertiary/aromatic N) is 3. The van der Waals surface area contributed by atoms with Crippen LogP contribution in [-0.4, -0.2) is 33.4 Å². The minimum atomic E-state index is -0.906. The highest BCUT2D eigenvalue weighted by molar-refractivity contribution is 7.22. The van der Waals surface area contributed by atoms with E-state index >= 15 is 0 Å². The summed E-state index contributed by atoms with van der Waals surface area (Å²) in [5, 5.41) is 12.2. The van der Waals surface area contributed by atoms with Crippen LogP contribution in [0.25, 0.3) is 16.0 Å². The molecule has 1 aliphatic rings. The lowest BCUT2D eigenvalue weighted by Crippen LogP contribution is -2.29. The number of amides is 1. The van der Waals surface area contributed by atoms with Gasteiger partial charge in [0.15, 0.2) is 5.13 Å². The molecule has 1 fully saturated rings. The van der Waals surface area contributed by atoms with Crippen molar-refractivity contribution < 1.29 is 19.4 Å². The van der Waals surface area contributed by atoms with Crippen molar-refractivity contribution in [2.24, 2.45) is 0 Å². The number of Topliss-reactive ketones (excluding diaryl/α,β-unsaturated/α-hetero) is 1. The van der Waals surface area contributed by atoms with Gasteiger partial charge in [-0.25, -0.2) is 4.98 Å². The third kappa shape index (κ3) is 4.05. The number of anilines is 1. The Balaban J connectivity index is 1.70. The molecule has 3 heterocycles. The van der Waals surface area contributed by atoms with E-state index in [1.165, 1.54) is 16.2 Å². The molecule has 0 aliphatic carbocycles. The molecule has 2 aromatic carbocycles. The molecule has 0 bridgehead atoms. The molecule has 1 amide bonds. The molecule has 1 unspecified atom stereocenters. The fourth-order valence-corrected chi connectivity index (χ4v) is 5.31. The fraction of sp³-hybridized carbons (Fsp3) is 0.154. The van der Waals surface area contributed by atoms with Gasteiger partial charge in [0.1, 0.15) is 11.5 Å². The van der Waals surface area contributed by atoms with Crippen molar-refractivity contribution in [2.75, 3.05) is 11.5 Å². The molecule has 0 radical (unpaired) electrons. The Kier molecular flexibility index (Phi) is 6.00. The molecule has 1 aliphatic heterocycles. The molecule has 5 rings (SSSR count). The number of ether oxygens (including phenoxy) is 1. The molecular formula is C26H20ClN3O4S. The number of benzene rings is 2. The molecule has 1 N–H and O–H groups in total. The van der Waals surface area contributed by atoms with Crippen molar-refractivity contribution in [3.05, 3.63) is 88.2 Å². The Morgan fingerprint density at radius 3 is 2.77 bits per heavy atom. The van der Waals surface area contributed by atoms with Gasteiger partial charge in [-0.1, -0.05) is 41.1 Å². The first kappa shape index (κ1) is 23.0. The summed E-state index contributed by atoms with van der Waals surface area (Å²) in [6.45, 7) is 4.19. The lowest BCUT2D eigenvalue weighted by Gasteiger charge is -2.22. The summed E-state index contributed by atoms with van der Waals surface area (Å²) in [4.78, 5) is 36.8. The smallest absolute Gasteiger partial charge is 0.301 e. The monoisotopic (exact) mass is 505 g/mol. The molecule has 0 saturated carbocycles. The van der Waals surface area contributed by atoms with Crippen LogP contribution < -0.4 is 9.64 Å². The van der Waals surface area contributed by atoms with Gasteiger partial charge < -0.3 is 9.84 Å². The largest absolute Gasteiger partial charge is 0.507 e. The summed E-state index contributed by atoms with van der Waals surface area (Å²) >= 11 is 7.55. The molecule has 1 saturated heterocycles. The number of carbonyl (C=O) groups excluding carboxylic acids is 2. The average molecular weight is 506 g/mol. The van der Waals surface area contributed by atoms with E-state index in [0.29, 0.717) is 39.2 Å². The van der Waals surface area contributed by atoms with Crippen LogP contribution in [0.3, 0.4) is 0 Å². The van der Waals surface area contributed by atoms with Crippen LogP contribution in [0.2, 0.25) is 5.02 Å². The first-order valence-corrected chi connectivity index (χ1v) is 12.1. The van der Waals surface area contributed by atoms with Crippen LogP contribution in [-0.2, 0) is 9.59 Å². The minimum Gasteiger partial charge on any atom is -0.507 e. The van der Waals surface area contributed by atoms with E-state index in [2.05, 4.69) is 9.97 Å². The Morgan fingerprint density at radius 1 is 1.20 bits per heavy atom. The van der Waals surface area contributed by atoms with Gasteiger partial charge in [-0.2, -0.15) is 0 Å². The predicted octanol–water partition coefficient (Wildman–Crippen LogP) is 5.68. The molecular weight excluding hydrogens is 486 g/mol. The van der Waals surface area contributed by atoms with E-state index in [4.69, 9.17) is 16.3 Å². The van der Waals surface area contributed by atoms with Gasteiger partial charge in [0.2, 0.25) is 0 Å². The summed E-state index contributed by atoms with van der Waals surface area (Å²) in [6, 6.07) is 13.0. The number of rotatable bonds is 5. The first-order valence-electron chi connectivity index (χ1n) is 10.9. The molecule has 0 spiro atoms. The number of thiazole rings is 1. The zero-order valence-electron chi connectivity index (χ0n) is 18.9. The van der Waals surface area contributed by atoms with Gasteiger partial charge in [0.25, 0.3) is 5.78 Å². The van der Waals surface area contributed by atoms with Gasteiger partial charge >= 0.3 is 5.91 Å². The number of aryl methyl sites for hydroxylation is 1. The Morgan fingerprint density at radius 2 is 2.03 bits per heavy atom. The maximum atomic E-state index is 13.3. The Hall–Kier alpha value is -3.75. The highest BCUT2D eigenvalue weighted by atomic mass is 35.5. The van der Waals surface area contributed by atoms with Gasteiger partial charge in [-0.15, -0.1) is 0 Å². The van der Waals surface area contributed by atoms with E-state index in [-0.39, 0.29) is 11.3 Å². The molecule has 7 nitrogen and oxygen atoms in total. The summed E-state index contributed by atoms with van der Waals surface area (Å²) in [5.41, 5.74) is 2.41. The number of fused-ring (bicyclic) bond motifs is 1. The van der Waals surface area contributed by atoms with Crippen molar-refractivity contribution in [1.82, 2.24) is 9.97 Å². The molecule has 1 atom stereocenters. The van der Waals surface area contributed by atoms with Crippen LogP contribution in [0.5, 0.6) is 5.75 Å². The van der Waals surface area contributed by atoms with Crippen molar-refractivity contribution in [1.29, 1.82) is 0 Å².